The van der Waals surface area contributed by atoms with Gasteiger partial charge in [0.1, 0.15) is 0 Å². The number of rotatable bonds is 5. The van der Waals surface area contributed by atoms with E-state index in [4.69, 9.17) is 9.47 Å². The fourth-order valence-electron chi connectivity index (χ4n) is 3.26. The molecule has 120 valence electrons. The molecule has 0 saturated carbocycles. The van der Waals surface area contributed by atoms with Crippen molar-refractivity contribution in [3.8, 4) is 11.5 Å². The van der Waals surface area contributed by atoms with Crippen LogP contribution in [0.15, 0.2) is 18.2 Å². The fourth-order valence-corrected chi connectivity index (χ4v) is 3.26. The van der Waals surface area contributed by atoms with Crippen LogP contribution in [0, 0.1) is 0 Å². The van der Waals surface area contributed by atoms with Gasteiger partial charge in [-0.3, -0.25) is 9.69 Å². The first-order valence-electron chi connectivity index (χ1n) is 8.20. The Balaban J connectivity index is 1.50. The molecule has 1 amide bonds. The first-order chi connectivity index (χ1) is 10.8. The van der Waals surface area contributed by atoms with Gasteiger partial charge in [-0.1, -0.05) is 13.3 Å². The van der Waals surface area contributed by atoms with Crippen molar-refractivity contribution in [2.75, 3.05) is 25.2 Å². The average Bonchev–Trinajstić information content (AvgIpc) is 3.01. The number of hydrogen-bond acceptors (Lipinski definition) is 4. The van der Waals surface area contributed by atoms with Gasteiger partial charge in [-0.25, -0.2) is 0 Å². The summed E-state index contributed by atoms with van der Waals surface area (Å²) >= 11 is 0. The molecule has 1 saturated heterocycles. The number of anilines is 1. The molecule has 1 unspecified atom stereocenters. The van der Waals surface area contributed by atoms with Crippen LogP contribution < -0.4 is 14.8 Å². The lowest BCUT2D eigenvalue weighted by Gasteiger charge is -2.35. The van der Waals surface area contributed by atoms with Crippen molar-refractivity contribution >= 4 is 11.6 Å². The summed E-state index contributed by atoms with van der Waals surface area (Å²) in [6, 6.07) is 6.14. The quantitative estimate of drug-likeness (QED) is 0.908. The molecule has 1 aromatic rings. The van der Waals surface area contributed by atoms with Crippen molar-refractivity contribution in [1.29, 1.82) is 0 Å². The molecule has 0 radical (unpaired) electrons. The number of nitrogens with one attached hydrogen (secondary N) is 1. The normalized spacial score (nSPS) is 20.9. The predicted molar refractivity (Wildman–Crippen MR) is 85.3 cm³/mol. The second-order valence-electron chi connectivity index (χ2n) is 5.96. The second-order valence-corrected chi connectivity index (χ2v) is 5.96. The smallest absolute Gasteiger partial charge is 0.231 e. The van der Waals surface area contributed by atoms with Crippen LogP contribution >= 0.6 is 0 Å². The standard InChI is InChI=1S/C17H24N2O3/c1-2-14-5-3-4-9-19(14)10-8-17(20)18-13-6-7-15-16(11-13)22-12-21-15/h6-7,11,14H,2-5,8-10,12H2,1H3,(H,18,20). The maximum atomic E-state index is 12.1. The van der Waals surface area contributed by atoms with E-state index >= 15 is 0 Å². The topological polar surface area (TPSA) is 50.8 Å². The zero-order chi connectivity index (χ0) is 15.4. The van der Waals surface area contributed by atoms with Gasteiger partial charge in [0.2, 0.25) is 12.7 Å². The summed E-state index contributed by atoms with van der Waals surface area (Å²) < 4.78 is 10.6. The summed E-state index contributed by atoms with van der Waals surface area (Å²) in [4.78, 5) is 14.6. The Labute approximate surface area is 131 Å². The average molecular weight is 304 g/mol. The van der Waals surface area contributed by atoms with Crippen LogP contribution in [0.4, 0.5) is 5.69 Å². The number of benzene rings is 1. The molecule has 5 nitrogen and oxygen atoms in total. The van der Waals surface area contributed by atoms with Crippen LogP contribution in [0.1, 0.15) is 39.0 Å². The number of carbonyl (C=O) groups excluding carboxylic acids is 1. The van der Waals surface area contributed by atoms with Crippen LogP contribution in [-0.4, -0.2) is 36.7 Å². The van der Waals surface area contributed by atoms with E-state index in [0.717, 1.165) is 24.5 Å². The number of carbonyl (C=O) groups is 1. The molecule has 22 heavy (non-hydrogen) atoms. The third-order valence-corrected chi connectivity index (χ3v) is 4.50. The highest BCUT2D eigenvalue weighted by Gasteiger charge is 2.21. The Morgan fingerprint density at radius 1 is 1.32 bits per heavy atom. The minimum Gasteiger partial charge on any atom is -0.454 e. The predicted octanol–water partition coefficient (Wildman–Crippen LogP) is 3.01. The lowest BCUT2D eigenvalue weighted by molar-refractivity contribution is -0.116. The summed E-state index contributed by atoms with van der Waals surface area (Å²) in [6.45, 7) is 4.44. The van der Waals surface area contributed by atoms with Crippen molar-refractivity contribution in [1.82, 2.24) is 4.90 Å². The monoisotopic (exact) mass is 304 g/mol. The summed E-state index contributed by atoms with van der Waals surface area (Å²) in [5.74, 6) is 1.48. The number of hydrogen-bond donors (Lipinski definition) is 1. The SMILES string of the molecule is CCC1CCCCN1CCC(=O)Nc1ccc2c(c1)OCO2. The third-order valence-electron chi connectivity index (χ3n) is 4.50. The van der Waals surface area contributed by atoms with Crippen molar-refractivity contribution in [3.63, 3.8) is 0 Å². The molecule has 1 fully saturated rings. The van der Waals surface area contributed by atoms with Gasteiger partial charge in [0, 0.05) is 30.8 Å². The maximum absolute atomic E-state index is 12.1. The van der Waals surface area contributed by atoms with Crippen LogP contribution in [-0.2, 0) is 4.79 Å². The highest BCUT2D eigenvalue weighted by molar-refractivity contribution is 5.91. The van der Waals surface area contributed by atoms with Gasteiger partial charge in [-0.05, 0) is 37.9 Å². The Hall–Kier alpha value is -1.75. The van der Waals surface area contributed by atoms with Gasteiger partial charge in [0.25, 0.3) is 0 Å². The summed E-state index contributed by atoms with van der Waals surface area (Å²) in [5, 5.41) is 2.94. The third kappa shape index (κ3) is 3.53. The molecule has 1 atom stereocenters. The van der Waals surface area contributed by atoms with E-state index in [-0.39, 0.29) is 12.7 Å². The summed E-state index contributed by atoms with van der Waals surface area (Å²) in [6.07, 6.45) is 5.54. The number of amides is 1. The molecule has 2 heterocycles. The minimum absolute atomic E-state index is 0.0549. The fraction of sp³-hybridized carbons (Fsp3) is 0.588. The first-order valence-corrected chi connectivity index (χ1v) is 8.20. The molecule has 2 aliphatic heterocycles. The van der Waals surface area contributed by atoms with Crippen molar-refractivity contribution in [2.24, 2.45) is 0 Å². The van der Waals surface area contributed by atoms with Crippen LogP contribution in [0.5, 0.6) is 11.5 Å². The van der Waals surface area contributed by atoms with E-state index in [1.165, 1.54) is 25.7 Å². The van der Waals surface area contributed by atoms with Crippen LogP contribution in [0.3, 0.4) is 0 Å². The zero-order valence-electron chi connectivity index (χ0n) is 13.1. The van der Waals surface area contributed by atoms with E-state index in [2.05, 4.69) is 17.1 Å². The van der Waals surface area contributed by atoms with Gasteiger partial charge in [0.05, 0.1) is 0 Å². The van der Waals surface area contributed by atoms with Crippen molar-refractivity contribution < 1.29 is 14.3 Å². The molecule has 0 aliphatic carbocycles. The van der Waals surface area contributed by atoms with Gasteiger partial charge < -0.3 is 14.8 Å². The van der Waals surface area contributed by atoms with E-state index in [1.807, 2.05) is 18.2 Å². The van der Waals surface area contributed by atoms with Crippen molar-refractivity contribution in [2.45, 2.75) is 45.1 Å². The molecule has 5 heteroatoms. The van der Waals surface area contributed by atoms with Gasteiger partial charge in [-0.15, -0.1) is 0 Å². The Morgan fingerprint density at radius 3 is 3.05 bits per heavy atom. The Bertz CT molecular complexity index is 533. The van der Waals surface area contributed by atoms with Gasteiger partial charge in [0.15, 0.2) is 11.5 Å². The molecular formula is C17H24N2O3. The molecule has 3 rings (SSSR count). The minimum atomic E-state index is 0.0549. The summed E-state index contributed by atoms with van der Waals surface area (Å²) in [5.41, 5.74) is 0.764. The molecule has 1 aromatic carbocycles. The van der Waals surface area contributed by atoms with E-state index in [0.29, 0.717) is 18.2 Å². The Kier molecular flexibility index (Phi) is 4.83. The van der Waals surface area contributed by atoms with E-state index < -0.39 is 0 Å². The van der Waals surface area contributed by atoms with Crippen molar-refractivity contribution in [3.05, 3.63) is 18.2 Å². The van der Waals surface area contributed by atoms with Crippen LogP contribution in [0.2, 0.25) is 0 Å². The number of fused-ring (bicyclic) bond motifs is 1. The van der Waals surface area contributed by atoms with Gasteiger partial charge in [-0.2, -0.15) is 0 Å². The largest absolute Gasteiger partial charge is 0.454 e. The molecule has 0 aromatic heterocycles. The first kappa shape index (κ1) is 15.2. The van der Waals surface area contributed by atoms with Gasteiger partial charge >= 0.3 is 0 Å². The lowest BCUT2D eigenvalue weighted by atomic mass is 10.00. The molecule has 2 aliphatic rings. The zero-order valence-corrected chi connectivity index (χ0v) is 13.1. The molecular weight excluding hydrogens is 280 g/mol. The molecule has 1 N–H and O–H groups in total. The molecule has 0 bridgehead atoms. The highest BCUT2D eigenvalue weighted by atomic mass is 16.7. The summed E-state index contributed by atoms with van der Waals surface area (Å²) in [7, 11) is 0. The number of likely N-dealkylation sites (tertiary alicyclic amines) is 1. The number of nitrogens with zero attached hydrogens (tertiary/aromatic N) is 1. The van der Waals surface area contributed by atoms with Crippen LogP contribution in [0.25, 0.3) is 0 Å². The number of piperidine rings is 1. The van der Waals surface area contributed by atoms with E-state index in [9.17, 15) is 4.79 Å². The maximum Gasteiger partial charge on any atom is 0.231 e. The van der Waals surface area contributed by atoms with E-state index in [1.54, 1.807) is 0 Å². The highest BCUT2D eigenvalue weighted by Crippen LogP contribution is 2.34. The number of ether oxygens (including phenoxy) is 2. The second kappa shape index (κ2) is 7.01. The lowest BCUT2D eigenvalue weighted by Crippen LogP contribution is -2.40. The molecule has 0 spiro atoms. The Morgan fingerprint density at radius 2 is 2.18 bits per heavy atom.